The van der Waals surface area contributed by atoms with Crippen molar-refractivity contribution >= 4 is 11.4 Å². The highest BCUT2D eigenvalue weighted by Gasteiger charge is 2.30. The predicted octanol–water partition coefficient (Wildman–Crippen LogP) is 3.56. The van der Waals surface area contributed by atoms with E-state index in [0.717, 1.165) is 6.07 Å². The van der Waals surface area contributed by atoms with Gasteiger partial charge in [-0.25, -0.2) is 4.39 Å². The predicted molar refractivity (Wildman–Crippen MR) is 65.7 cm³/mol. The van der Waals surface area contributed by atoms with Gasteiger partial charge in [-0.05, 0) is 13.8 Å². The number of halogens is 4. The number of hydrogen-bond acceptors (Lipinski definition) is 3. The standard InChI is InChI=1S/C12H16F4N2O/c1-3-19-11-5-10(9(17)4-8(11)13)18-7(2)6-12(14,15)16/h4-5,7,18H,3,6,17H2,1-2H3. The van der Waals surface area contributed by atoms with Crippen LogP contribution in [0.5, 0.6) is 5.75 Å². The van der Waals surface area contributed by atoms with Gasteiger partial charge in [0.2, 0.25) is 0 Å². The van der Waals surface area contributed by atoms with Gasteiger partial charge in [-0.1, -0.05) is 0 Å². The molecule has 1 rings (SSSR count). The van der Waals surface area contributed by atoms with Crippen LogP contribution in [-0.2, 0) is 0 Å². The number of anilines is 2. The Labute approximate surface area is 108 Å². The Bertz CT molecular complexity index is 434. The molecule has 1 aromatic rings. The average molecular weight is 280 g/mol. The monoisotopic (exact) mass is 280 g/mol. The van der Waals surface area contributed by atoms with Gasteiger partial charge >= 0.3 is 6.18 Å². The molecule has 0 radical (unpaired) electrons. The Balaban J connectivity index is 2.85. The number of nitrogen functional groups attached to an aromatic ring is 1. The van der Waals surface area contributed by atoms with Crippen molar-refractivity contribution in [1.82, 2.24) is 0 Å². The van der Waals surface area contributed by atoms with Gasteiger partial charge in [-0.15, -0.1) is 0 Å². The van der Waals surface area contributed by atoms with Gasteiger partial charge in [0.25, 0.3) is 0 Å². The van der Waals surface area contributed by atoms with Crippen molar-refractivity contribution in [3.63, 3.8) is 0 Å². The Morgan fingerprint density at radius 1 is 1.37 bits per heavy atom. The van der Waals surface area contributed by atoms with E-state index in [1.54, 1.807) is 6.92 Å². The normalized spacial score (nSPS) is 13.2. The number of hydrogen-bond donors (Lipinski definition) is 2. The minimum Gasteiger partial charge on any atom is -0.491 e. The van der Waals surface area contributed by atoms with Crippen LogP contribution in [0.25, 0.3) is 0 Å². The third kappa shape index (κ3) is 4.84. The highest BCUT2D eigenvalue weighted by Crippen LogP contribution is 2.30. The van der Waals surface area contributed by atoms with Crippen LogP contribution >= 0.6 is 0 Å². The first-order chi connectivity index (χ1) is 8.73. The second kappa shape index (κ2) is 5.99. The Morgan fingerprint density at radius 2 is 2.00 bits per heavy atom. The Hall–Kier alpha value is -1.66. The molecule has 0 heterocycles. The number of alkyl halides is 3. The third-order valence-corrected chi connectivity index (χ3v) is 2.34. The molecule has 1 aromatic carbocycles. The van der Waals surface area contributed by atoms with Crippen LogP contribution in [0.2, 0.25) is 0 Å². The molecule has 0 aliphatic rings. The van der Waals surface area contributed by atoms with Gasteiger partial charge in [-0.2, -0.15) is 13.2 Å². The third-order valence-electron chi connectivity index (χ3n) is 2.34. The van der Waals surface area contributed by atoms with Crippen molar-refractivity contribution in [2.24, 2.45) is 0 Å². The lowest BCUT2D eigenvalue weighted by Gasteiger charge is -2.19. The number of ether oxygens (including phenoxy) is 1. The van der Waals surface area contributed by atoms with Crippen molar-refractivity contribution in [3.05, 3.63) is 17.9 Å². The Kier molecular flexibility index (Phi) is 4.85. The molecular weight excluding hydrogens is 264 g/mol. The molecule has 0 saturated carbocycles. The van der Waals surface area contributed by atoms with Gasteiger partial charge < -0.3 is 15.8 Å². The first kappa shape index (κ1) is 15.4. The Morgan fingerprint density at radius 3 is 2.53 bits per heavy atom. The zero-order chi connectivity index (χ0) is 14.6. The van der Waals surface area contributed by atoms with Gasteiger partial charge in [-0.3, -0.25) is 0 Å². The van der Waals surface area contributed by atoms with Crippen molar-refractivity contribution in [1.29, 1.82) is 0 Å². The maximum Gasteiger partial charge on any atom is 0.391 e. The lowest BCUT2D eigenvalue weighted by atomic mass is 10.2. The van der Waals surface area contributed by atoms with E-state index < -0.39 is 24.5 Å². The summed E-state index contributed by atoms with van der Waals surface area (Å²) in [4.78, 5) is 0. The summed E-state index contributed by atoms with van der Waals surface area (Å²) >= 11 is 0. The van der Waals surface area contributed by atoms with Crippen LogP contribution in [0.3, 0.4) is 0 Å². The van der Waals surface area contributed by atoms with Crippen molar-refractivity contribution < 1.29 is 22.3 Å². The van der Waals surface area contributed by atoms with E-state index in [4.69, 9.17) is 10.5 Å². The molecule has 1 atom stereocenters. The molecule has 0 spiro atoms. The number of rotatable bonds is 5. The minimum atomic E-state index is -4.27. The van der Waals surface area contributed by atoms with Gasteiger partial charge in [0.1, 0.15) is 0 Å². The lowest BCUT2D eigenvalue weighted by molar-refractivity contribution is -0.136. The number of nitrogens with one attached hydrogen (secondary N) is 1. The van der Waals surface area contributed by atoms with E-state index in [-0.39, 0.29) is 23.7 Å². The first-order valence-corrected chi connectivity index (χ1v) is 5.78. The van der Waals surface area contributed by atoms with E-state index in [1.807, 2.05) is 0 Å². The van der Waals surface area contributed by atoms with Gasteiger partial charge in [0, 0.05) is 18.2 Å². The summed E-state index contributed by atoms with van der Waals surface area (Å²) in [7, 11) is 0. The maximum atomic E-state index is 13.4. The van der Waals surface area contributed by atoms with Crippen LogP contribution in [0.1, 0.15) is 20.3 Å². The zero-order valence-electron chi connectivity index (χ0n) is 10.6. The molecule has 1 unspecified atom stereocenters. The van der Waals surface area contributed by atoms with E-state index in [0.29, 0.717) is 0 Å². The van der Waals surface area contributed by atoms with Crippen LogP contribution in [0.4, 0.5) is 28.9 Å². The molecule has 0 fully saturated rings. The first-order valence-electron chi connectivity index (χ1n) is 5.78. The van der Waals surface area contributed by atoms with E-state index in [9.17, 15) is 17.6 Å². The van der Waals surface area contributed by atoms with Gasteiger partial charge in [0.15, 0.2) is 11.6 Å². The number of benzene rings is 1. The lowest BCUT2D eigenvalue weighted by Crippen LogP contribution is -2.24. The molecule has 7 heteroatoms. The molecule has 0 aliphatic heterocycles. The van der Waals surface area contributed by atoms with Crippen molar-refractivity contribution in [2.75, 3.05) is 17.7 Å². The SMILES string of the molecule is CCOc1cc(NC(C)CC(F)(F)F)c(N)cc1F. The van der Waals surface area contributed by atoms with Crippen LogP contribution in [-0.4, -0.2) is 18.8 Å². The van der Waals surface area contributed by atoms with E-state index in [2.05, 4.69) is 5.32 Å². The molecule has 108 valence electrons. The van der Waals surface area contributed by atoms with E-state index >= 15 is 0 Å². The summed E-state index contributed by atoms with van der Waals surface area (Å²) in [5, 5.41) is 2.60. The smallest absolute Gasteiger partial charge is 0.391 e. The summed E-state index contributed by atoms with van der Waals surface area (Å²) in [6, 6.07) is 1.41. The van der Waals surface area contributed by atoms with E-state index in [1.165, 1.54) is 13.0 Å². The molecule has 19 heavy (non-hydrogen) atoms. The molecule has 0 amide bonds. The summed E-state index contributed by atoms with van der Waals surface area (Å²) in [5.41, 5.74) is 5.82. The second-order valence-corrected chi connectivity index (χ2v) is 4.17. The number of nitrogens with two attached hydrogens (primary N) is 1. The average Bonchev–Trinajstić information content (AvgIpc) is 2.22. The summed E-state index contributed by atoms with van der Waals surface area (Å²) in [6.07, 6.45) is -5.28. The summed E-state index contributed by atoms with van der Waals surface area (Å²) < 4.78 is 55.1. The molecular formula is C12H16F4N2O. The quantitative estimate of drug-likeness (QED) is 0.640. The minimum absolute atomic E-state index is 0.0370. The fraction of sp³-hybridized carbons (Fsp3) is 0.500. The fourth-order valence-corrected chi connectivity index (χ4v) is 1.62. The molecule has 0 saturated heterocycles. The van der Waals surface area contributed by atoms with Gasteiger partial charge in [0.05, 0.1) is 24.4 Å². The highest BCUT2D eigenvalue weighted by molar-refractivity contribution is 5.68. The van der Waals surface area contributed by atoms with Crippen LogP contribution < -0.4 is 15.8 Å². The zero-order valence-corrected chi connectivity index (χ0v) is 10.6. The van der Waals surface area contributed by atoms with Crippen LogP contribution in [0, 0.1) is 5.82 Å². The maximum absolute atomic E-state index is 13.4. The second-order valence-electron chi connectivity index (χ2n) is 4.17. The largest absolute Gasteiger partial charge is 0.491 e. The van der Waals surface area contributed by atoms with Crippen LogP contribution in [0.15, 0.2) is 12.1 Å². The fourth-order valence-electron chi connectivity index (χ4n) is 1.62. The summed E-state index contributed by atoms with van der Waals surface area (Å²) in [6.45, 7) is 3.30. The molecule has 0 aliphatic carbocycles. The van der Waals surface area contributed by atoms with Crippen molar-refractivity contribution in [2.45, 2.75) is 32.5 Å². The highest BCUT2D eigenvalue weighted by atomic mass is 19.4. The van der Waals surface area contributed by atoms with Crippen molar-refractivity contribution in [3.8, 4) is 5.75 Å². The molecule has 3 N–H and O–H groups in total. The topological polar surface area (TPSA) is 47.3 Å². The molecule has 0 aromatic heterocycles. The molecule has 3 nitrogen and oxygen atoms in total. The molecule has 0 bridgehead atoms. The summed E-state index contributed by atoms with van der Waals surface area (Å²) in [5.74, 6) is -0.688.